The normalized spacial score (nSPS) is 13.0. The number of anilines is 2. The largest absolute Gasteiger partial charge is 0.454 e. The number of rotatable bonds is 4. The third-order valence-electron chi connectivity index (χ3n) is 4.97. The van der Waals surface area contributed by atoms with Gasteiger partial charge in [0, 0.05) is 22.4 Å². The summed E-state index contributed by atoms with van der Waals surface area (Å²) in [5, 5.41) is 4.43. The minimum atomic E-state index is -0.0225. The lowest BCUT2D eigenvalue weighted by molar-refractivity contribution is 0.174. The maximum Gasteiger partial charge on any atom is 0.231 e. The SMILES string of the molecule is Cc1ccc(Nc2nc(C(C)(C)C)c(Cc3ccc4c(c3)OCO4)s2)cc1C. The van der Waals surface area contributed by atoms with Crippen molar-refractivity contribution in [1.29, 1.82) is 0 Å². The minimum Gasteiger partial charge on any atom is -0.454 e. The molecule has 4 nitrogen and oxygen atoms in total. The molecule has 1 N–H and O–H groups in total. The summed E-state index contributed by atoms with van der Waals surface area (Å²) in [5.74, 6) is 1.65. The number of benzene rings is 2. The van der Waals surface area contributed by atoms with Gasteiger partial charge >= 0.3 is 0 Å². The first-order valence-electron chi connectivity index (χ1n) is 9.52. The maximum atomic E-state index is 5.53. The molecule has 146 valence electrons. The smallest absolute Gasteiger partial charge is 0.231 e. The second-order valence-electron chi connectivity index (χ2n) is 8.33. The Morgan fingerprint density at radius 2 is 1.79 bits per heavy atom. The van der Waals surface area contributed by atoms with E-state index in [0.717, 1.165) is 34.4 Å². The van der Waals surface area contributed by atoms with Crippen LogP contribution in [0.3, 0.4) is 0 Å². The van der Waals surface area contributed by atoms with Crippen LogP contribution in [0, 0.1) is 13.8 Å². The summed E-state index contributed by atoms with van der Waals surface area (Å²) < 4.78 is 11.0. The first-order chi connectivity index (χ1) is 13.3. The van der Waals surface area contributed by atoms with Crippen molar-refractivity contribution >= 4 is 22.2 Å². The van der Waals surface area contributed by atoms with Crippen LogP contribution in [-0.4, -0.2) is 11.8 Å². The number of nitrogens with zero attached hydrogens (tertiary/aromatic N) is 1. The lowest BCUT2D eigenvalue weighted by atomic mass is 9.90. The van der Waals surface area contributed by atoms with Crippen molar-refractivity contribution in [2.24, 2.45) is 0 Å². The minimum absolute atomic E-state index is 0.0225. The monoisotopic (exact) mass is 394 g/mol. The molecule has 1 aliphatic heterocycles. The van der Waals surface area contributed by atoms with E-state index >= 15 is 0 Å². The zero-order valence-electron chi connectivity index (χ0n) is 17.1. The molecular weight excluding hydrogens is 368 g/mol. The molecule has 2 aromatic carbocycles. The summed E-state index contributed by atoms with van der Waals surface area (Å²) in [4.78, 5) is 6.22. The van der Waals surface area contributed by atoms with E-state index in [2.05, 4.69) is 70.3 Å². The summed E-state index contributed by atoms with van der Waals surface area (Å²) in [7, 11) is 0. The first-order valence-corrected chi connectivity index (χ1v) is 10.3. The van der Waals surface area contributed by atoms with Crippen LogP contribution < -0.4 is 14.8 Å². The van der Waals surface area contributed by atoms with Crippen molar-refractivity contribution in [3.63, 3.8) is 0 Å². The van der Waals surface area contributed by atoms with Gasteiger partial charge in [-0.05, 0) is 54.8 Å². The lowest BCUT2D eigenvalue weighted by Crippen LogP contribution is -2.14. The molecule has 3 aromatic rings. The number of thiazole rings is 1. The number of ether oxygens (including phenoxy) is 2. The van der Waals surface area contributed by atoms with Crippen molar-refractivity contribution in [3.05, 3.63) is 63.7 Å². The van der Waals surface area contributed by atoms with Gasteiger partial charge in [-0.3, -0.25) is 0 Å². The van der Waals surface area contributed by atoms with Crippen molar-refractivity contribution < 1.29 is 9.47 Å². The molecule has 0 aliphatic carbocycles. The fourth-order valence-corrected chi connectivity index (χ4v) is 4.52. The molecule has 4 rings (SSSR count). The zero-order chi connectivity index (χ0) is 19.9. The molecule has 28 heavy (non-hydrogen) atoms. The van der Waals surface area contributed by atoms with E-state index in [-0.39, 0.29) is 5.41 Å². The van der Waals surface area contributed by atoms with E-state index in [1.165, 1.54) is 21.6 Å². The van der Waals surface area contributed by atoms with Gasteiger partial charge in [-0.2, -0.15) is 0 Å². The standard InChI is InChI=1S/C23H26N2O2S/c1-14-6-8-17(10-15(14)2)24-22-25-21(23(3,4)5)20(28-22)12-16-7-9-18-19(11-16)27-13-26-18/h6-11H,12-13H2,1-5H3,(H,24,25). The van der Waals surface area contributed by atoms with E-state index in [4.69, 9.17) is 14.5 Å². The molecule has 0 radical (unpaired) electrons. The number of aryl methyl sites for hydroxylation is 2. The molecule has 1 aliphatic rings. The second-order valence-corrected chi connectivity index (χ2v) is 9.41. The molecule has 1 aromatic heterocycles. The van der Waals surface area contributed by atoms with Gasteiger partial charge in [-0.15, -0.1) is 11.3 Å². The molecule has 0 unspecified atom stereocenters. The number of fused-ring (bicyclic) bond motifs is 1. The average Bonchev–Trinajstić information content (AvgIpc) is 3.24. The van der Waals surface area contributed by atoms with Gasteiger partial charge in [0.1, 0.15) is 0 Å². The van der Waals surface area contributed by atoms with Crippen molar-refractivity contribution in [2.45, 2.75) is 46.5 Å². The van der Waals surface area contributed by atoms with Gasteiger partial charge in [-0.25, -0.2) is 4.98 Å². The molecule has 0 fully saturated rings. The van der Waals surface area contributed by atoms with Crippen LogP contribution in [-0.2, 0) is 11.8 Å². The van der Waals surface area contributed by atoms with Crippen LogP contribution in [0.5, 0.6) is 11.5 Å². The number of hydrogen-bond acceptors (Lipinski definition) is 5. The molecule has 0 saturated carbocycles. The fraction of sp³-hybridized carbons (Fsp3) is 0.348. The van der Waals surface area contributed by atoms with Crippen molar-refractivity contribution in [3.8, 4) is 11.5 Å². The summed E-state index contributed by atoms with van der Waals surface area (Å²) in [6, 6.07) is 12.6. The lowest BCUT2D eigenvalue weighted by Gasteiger charge is -2.17. The Morgan fingerprint density at radius 3 is 2.54 bits per heavy atom. The average molecular weight is 395 g/mol. The first kappa shape index (κ1) is 18.8. The number of aromatic nitrogens is 1. The summed E-state index contributed by atoms with van der Waals surface area (Å²) >= 11 is 1.73. The van der Waals surface area contributed by atoms with Crippen molar-refractivity contribution in [2.75, 3.05) is 12.1 Å². The van der Waals surface area contributed by atoms with Crippen LogP contribution >= 0.6 is 11.3 Å². The Labute approximate surface area is 170 Å². The third-order valence-corrected chi connectivity index (χ3v) is 5.94. The van der Waals surface area contributed by atoms with Crippen LogP contribution in [0.1, 0.15) is 48.0 Å². The quantitative estimate of drug-likeness (QED) is 0.579. The van der Waals surface area contributed by atoms with Crippen LogP contribution in [0.25, 0.3) is 0 Å². The highest BCUT2D eigenvalue weighted by molar-refractivity contribution is 7.15. The second kappa shape index (κ2) is 7.13. The summed E-state index contributed by atoms with van der Waals surface area (Å²) in [6.45, 7) is 11.2. The molecule has 2 heterocycles. The summed E-state index contributed by atoms with van der Waals surface area (Å²) in [6.07, 6.45) is 0.829. The highest BCUT2D eigenvalue weighted by Gasteiger charge is 2.24. The zero-order valence-corrected chi connectivity index (χ0v) is 17.9. The Hall–Kier alpha value is -2.53. The van der Waals surface area contributed by atoms with Gasteiger partial charge in [0.15, 0.2) is 16.6 Å². The highest BCUT2D eigenvalue weighted by Crippen LogP contribution is 2.37. The number of nitrogens with one attached hydrogen (secondary N) is 1. The fourth-order valence-electron chi connectivity index (χ4n) is 3.29. The molecule has 0 saturated heterocycles. The molecule has 0 amide bonds. The van der Waals surface area contributed by atoms with E-state index in [1.54, 1.807) is 11.3 Å². The molecule has 0 atom stereocenters. The van der Waals surface area contributed by atoms with Crippen LogP contribution in [0.2, 0.25) is 0 Å². The van der Waals surface area contributed by atoms with E-state index in [0.29, 0.717) is 6.79 Å². The van der Waals surface area contributed by atoms with Crippen LogP contribution in [0.15, 0.2) is 36.4 Å². The maximum absolute atomic E-state index is 5.53. The van der Waals surface area contributed by atoms with Crippen molar-refractivity contribution in [1.82, 2.24) is 4.98 Å². The molecular formula is C23H26N2O2S. The van der Waals surface area contributed by atoms with Crippen LogP contribution in [0.4, 0.5) is 10.8 Å². The van der Waals surface area contributed by atoms with E-state index in [9.17, 15) is 0 Å². The predicted octanol–water partition coefficient (Wildman–Crippen LogP) is 6.12. The Kier molecular flexibility index (Phi) is 4.79. The Morgan fingerprint density at radius 1 is 1.00 bits per heavy atom. The molecule has 0 spiro atoms. The Balaban J connectivity index is 1.63. The Bertz CT molecular complexity index is 1020. The van der Waals surface area contributed by atoms with Gasteiger partial charge in [0.2, 0.25) is 6.79 Å². The van der Waals surface area contributed by atoms with E-state index in [1.807, 2.05) is 6.07 Å². The van der Waals surface area contributed by atoms with Gasteiger partial charge in [-0.1, -0.05) is 32.9 Å². The van der Waals surface area contributed by atoms with E-state index < -0.39 is 0 Å². The molecule has 5 heteroatoms. The topological polar surface area (TPSA) is 43.4 Å². The predicted molar refractivity (Wildman–Crippen MR) is 115 cm³/mol. The highest BCUT2D eigenvalue weighted by atomic mass is 32.1. The van der Waals surface area contributed by atoms with Gasteiger partial charge in [0.25, 0.3) is 0 Å². The summed E-state index contributed by atoms with van der Waals surface area (Å²) in [5.41, 5.74) is 5.97. The third kappa shape index (κ3) is 3.85. The number of hydrogen-bond donors (Lipinski definition) is 1. The molecule has 0 bridgehead atoms. The van der Waals surface area contributed by atoms with Gasteiger partial charge < -0.3 is 14.8 Å². The van der Waals surface area contributed by atoms with Gasteiger partial charge in [0.05, 0.1) is 5.69 Å².